The van der Waals surface area contributed by atoms with Crippen LogP contribution in [-0.2, 0) is 10.0 Å². The molecule has 0 atom stereocenters. The Balaban J connectivity index is 2.02. The highest BCUT2D eigenvalue weighted by atomic mass is 32.2. The lowest BCUT2D eigenvalue weighted by Crippen LogP contribution is -2.40. The molecule has 0 spiro atoms. The Morgan fingerprint density at radius 2 is 1.96 bits per heavy atom. The number of aliphatic hydroxyl groups excluding tert-OH is 1. The molecule has 0 saturated heterocycles. The van der Waals surface area contributed by atoms with Gasteiger partial charge < -0.3 is 10.4 Å². The maximum Gasteiger partial charge on any atom is 0.241 e. The molecular weight excluding hydrogens is 366 g/mol. The largest absolute Gasteiger partial charge is 0.395 e. The van der Waals surface area contributed by atoms with E-state index in [4.69, 9.17) is 5.11 Å². The fraction of sp³-hybridized carbons (Fsp3) is 0.333. The van der Waals surface area contributed by atoms with E-state index in [9.17, 15) is 8.42 Å². The molecule has 0 aliphatic heterocycles. The minimum atomic E-state index is -3.65. The number of aromatic nitrogens is 3. The van der Waals surface area contributed by atoms with Gasteiger partial charge in [-0.05, 0) is 45.0 Å². The number of imidazole rings is 1. The van der Waals surface area contributed by atoms with Gasteiger partial charge in [0.15, 0.2) is 5.65 Å². The smallest absolute Gasteiger partial charge is 0.241 e. The van der Waals surface area contributed by atoms with Gasteiger partial charge in [0.2, 0.25) is 10.0 Å². The highest BCUT2D eigenvalue weighted by Gasteiger charge is 2.22. The van der Waals surface area contributed by atoms with E-state index in [0.717, 1.165) is 0 Å². The van der Waals surface area contributed by atoms with Crippen LogP contribution < -0.4 is 10.0 Å². The van der Waals surface area contributed by atoms with Crippen LogP contribution in [-0.4, -0.2) is 46.8 Å². The molecule has 0 aliphatic carbocycles. The Labute approximate surface area is 158 Å². The molecule has 144 valence electrons. The molecule has 0 saturated carbocycles. The Morgan fingerprint density at radius 1 is 1.19 bits per heavy atom. The van der Waals surface area contributed by atoms with Crippen molar-refractivity contribution in [2.75, 3.05) is 18.5 Å². The Hall–Kier alpha value is -2.49. The molecule has 0 amide bonds. The predicted octanol–water partition coefficient (Wildman–Crippen LogP) is 1.88. The molecule has 2 heterocycles. The van der Waals surface area contributed by atoms with Crippen molar-refractivity contribution < 1.29 is 13.5 Å². The van der Waals surface area contributed by atoms with Gasteiger partial charge in [-0.3, -0.25) is 0 Å². The number of sulfonamides is 1. The van der Waals surface area contributed by atoms with Crippen LogP contribution in [0.3, 0.4) is 0 Å². The number of hydrogen-bond donors (Lipinski definition) is 3. The first-order chi connectivity index (χ1) is 12.7. The third-order valence-corrected chi connectivity index (χ3v) is 5.42. The number of hydrogen-bond acceptors (Lipinski definition) is 6. The highest BCUT2D eigenvalue weighted by molar-refractivity contribution is 7.89. The summed E-state index contributed by atoms with van der Waals surface area (Å²) in [5.41, 5.74) is 1.42. The molecule has 3 N–H and O–H groups in total. The third kappa shape index (κ3) is 4.44. The van der Waals surface area contributed by atoms with Gasteiger partial charge in [-0.25, -0.2) is 22.6 Å². The molecule has 3 rings (SSSR count). The van der Waals surface area contributed by atoms with Crippen LogP contribution in [0.4, 0.5) is 5.82 Å². The molecule has 0 bridgehead atoms. The van der Waals surface area contributed by atoms with Crippen molar-refractivity contribution in [1.29, 1.82) is 0 Å². The van der Waals surface area contributed by atoms with E-state index in [1.807, 2.05) is 6.07 Å². The standard InChI is InChI=1S/C18H23N5O3S/c1-18(2,3)22-27(25,26)14-6-4-5-13(11-14)15-12-20-17-8-7-16(19-9-10-24)21-23(15)17/h4-8,11-12,22,24H,9-10H2,1-3H3,(H,19,21). The molecule has 2 aromatic heterocycles. The molecule has 1 aromatic carbocycles. The molecule has 0 fully saturated rings. The molecule has 9 heteroatoms. The predicted molar refractivity (Wildman–Crippen MR) is 104 cm³/mol. The zero-order valence-corrected chi connectivity index (χ0v) is 16.3. The zero-order valence-electron chi connectivity index (χ0n) is 15.5. The number of rotatable bonds is 6. The van der Waals surface area contributed by atoms with Crippen molar-refractivity contribution in [3.8, 4) is 11.3 Å². The number of aliphatic hydroxyl groups is 1. The molecule has 3 aromatic rings. The van der Waals surface area contributed by atoms with Crippen LogP contribution in [0.25, 0.3) is 16.9 Å². The number of fused-ring (bicyclic) bond motifs is 1. The van der Waals surface area contributed by atoms with E-state index in [0.29, 0.717) is 29.3 Å². The van der Waals surface area contributed by atoms with Gasteiger partial charge in [0.1, 0.15) is 5.82 Å². The molecule has 0 radical (unpaired) electrons. The zero-order chi connectivity index (χ0) is 19.7. The second kappa shape index (κ2) is 7.26. The van der Waals surface area contributed by atoms with Gasteiger partial charge >= 0.3 is 0 Å². The second-order valence-electron chi connectivity index (χ2n) is 7.17. The fourth-order valence-corrected chi connectivity index (χ4v) is 4.10. The molecule has 0 aliphatic rings. The Bertz CT molecular complexity index is 1050. The molecular formula is C18H23N5O3S. The lowest BCUT2D eigenvalue weighted by molar-refractivity contribution is 0.311. The average Bonchev–Trinajstić information content (AvgIpc) is 3.01. The molecule has 8 nitrogen and oxygen atoms in total. The van der Waals surface area contributed by atoms with Crippen LogP contribution in [0.5, 0.6) is 0 Å². The quantitative estimate of drug-likeness (QED) is 0.594. The fourth-order valence-electron chi connectivity index (χ4n) is 2.63. The van der Waals surface area contributed by atoms with Gasteiger partial charge in [0.25, 0.3) is 0 Å². The first-order valence-electron chi connectivity index (χ1n) is 8.53. The van der Waals surface area contributed by atoms with Crippen LogP contribution in [0.2, 0.25) is 0 Å². The van der Waals surface area contributed by atoms with E-state index >= 15 is 0 Å². The molecule has 0 unspecified atom stereocenters. The summed E-state index contributed by atoms with van der Waals surface area (Å²) in [7, 11) is -3.65. The number of benzene rings is 1. The maximum atomic E-state index is 12.6. The van der Waals surface area contributed by atoms with Gasteiger partial charge in [0.05, 0.1) is 23.4 Å². The van der Waals surface area contributed by atoms with Crippen LogP contribution in [0.1, 0.15) is 20.8 Å². The minimum absolute atomic E-state index is 0.00279. The topological polar surface area (TPSA) is 109 Å². The second-order valence-corrected chi connectivity index (χ2v) is 8.85. The summed E-state index contributed by atoms with van der Waals surface area (Å²) in [4.78, 5) is 4.51. The number of nitrogens with one attached hydrogen (secondary N) is 2. The summed E-state index contributed by atoms with van der Waals surface area (Å²) in [5, 5.41) is 16.4. The minimum Gasteiger partial charge on any atom is -0.395 e. The molecule has 27 heavy (non-hydrogen) atoms. The summed E-state index contributed by atoms with van der Waals surface area (Å²) in [6.07, 6.45) is 1.65. The number of nitrogens with zero attached hydrogens (tertiary/aromatic N) is 3. The van der Waals surface area contributed by atoms with Crippen molar-refractivity contribution in [3.63, 3.8) is 0 Å². The van der Waals surface area contributed by atoms with Crippen molar-refractivity contribution in [2.24, 2.45) is 0 Å². The van der Waals surface area contributed by atoms with Gasteiger partial charge in [0, 0.05) is 17.6 Å². The highest BCUT2D eigenvalue weighted by Crippen LogP contribution is 2.24. The van der Waals surface area contributed by atoms with Gasteiger partial charge in [-0.15, -0.1) is 5.10 Å². The summed E-state index contributed by atoms with van der Waals surface area (Å²) in [5.74, 6) is 0.592. The van der Waals surface area contributed by atoms with E-state index in [-0.39, 0.29) is 11.5 Å². The van der Waals surface area contributed by atoms with Gasteiger partial charge in [-0.1, -0.05) is 12.1 Å². The number of anilines is 1. The van der Waals surface area contributed by atoms with Crippen LogP contribution in [0.15, 0.2) is 47.5 Å². The monoisotopic (exact) mass is 389 g/mol. The van der Waals surface area contributed by atoms with E-state index in [2.05, 4.69) is 20.1 Å². The third-order valence-electron chi connectivity index (χ3n) is 3.66. The van der Waals surface area contributed by atoms with Gasteiger partial charge in [-0.2, -0.15) is 0 Å². The summed E-state index contributed by atoms with van der Waals surface area (Å²) >= 11 is 0. The SMILES string of the molecule is CC(C)(C)NS(=O)(=O)c1cccc(-c2cnc3ccc(NCCO)nn23)c1. The van der Waals surface area contributed by atoms with Crippen LogP contribution in [0, 0.1) is 0 Å². The lowest BCUT2D eigenvalue weighted by Gasteiger charge is -2.20. The van der Waals surface area contributed by atoms with Crippen molar-refractivity contribution >= 4 is 21.5 Å². The van der Waals surface area contributed by atoms with Crippen LogP contribution >= 0.6 is 0 Å². The Kier molecular flexibility index (Phi) is 5.18. The van der Waals surface area contributed by atoms with E-state index in [1.165, 1.54) is 0 Å². The first kappa shape index (κ1) is 19.3. The normalized spacial score (nSPS) is 12.4. The average molecular weight is 389 g/mol. The first-order valence-corrected chi connectivity index (χ1v) is 10.0. The van der Waals surface area contributed by atoms with E-state index < -0.39 is 15.6 Å². The summed E-state index contributed by atoms with van der Waals surface area (Å²) < 4.78 is 29.5. The van der Waals surface area contributed by atoms with Crippen molar-refractivity contribution in [2.45, 2.75) is 31.2 Å². The lowest BCUT2D eigenvalue weighted by atomic mass is 10.1. The maximum absolute atomic E-state index is 12.6. The summed E-state index contributed by atoms with van der Waals surface area (Å²) in [6.45, 7) is 5.77. The van der Waals surface area contributed by atoms with E-state index in [1.54, 1.807) is 61.8 Å². The summed E-state index contributed by atoms with van der Waals surface area (Å²) in [6, 6.07) is 10.2. The van der Waals surface area contributed by atoms with Crippen molar-refractivity contribution in [1.82, 2.24) is 19.3 Å². The Morgan fingerprint density at radius 3 is 2.67 bits per heavy atom. The van der Waals surface area contributed by atoms with Crippen molar-refractivity contribution in [3.05, 3.63) is 42.6 Å².